The summed E-state index contributed by atoms with van der Waals surface area (Å²) in [4.78, 5) is 14.8. The van der Waals surface area contributed by atoms with E-state index in [4.69, 9.17) is 0 Å². The molecule has 3 aromatic heterocycles. The largest absolute Gasteiger partial charge is 0.316 e. The molecule has 0 aromatic carbocycles. The summed E-state index contributed by atoms with van der Waals surface area (Å²) in [6.45, 7) is 2.78. The van der Waals surface area contributed by atoms with E-state index in [0.717, 1.165) is 53.6 Å². The zero-order valence-corrected chi connectivity index (χ0v) is 17.8. The number of amides is 1. The van der Waals surface area contributed by atoms with Gasteiger partial charge in [0.25, 0.3) is 0 Å². The molecular formula is C19H19N5OS3. The molecule has 0 unspecified atom stereocenters. The van der Waals surface area contributed by atoms with Gasteiger partial charge in [-0.15, -0.1) is 32.9 Å². The van der Waals surface area contributed by atoms with E-state index in [9.17, 15) is 10.1 Å². The molecular weight excluding hydrogens is 410 g/mol. The minimum atomic E-state index is -0.122. The lowest BCUT2D eigenvalue weighted by Gasteiger charge is -2.09. The van der Waals surface area contributed by atoms with Crippen LogP contribution in [0.4, 0.5) is 5.00 Å². The number of nitrogens with one attached hydrogen (secondary N) is 1. The number of aryl methyl sites for hydroxylation is 1. The Morgan fingerprint density at radius 1 is 1.39 bits per heavy atom. The molecule has 0 spiro atoms. The Morgan fingerprint density at radius 2 is 2.25 bits per heavy atom. The lowest BCUT2D eigenvalue weighted by atomic mass is 9.96. The van der Waals surface area contributed by atoms with Crippen LogP contribution in [0.2, 0.25) is 0 Å². The maximum Gasteiger partial charge on any atom is 0.235 e. The fraction of sp³-hybridized carbons (Fsp3) is 0.368. The standard InChI is InChI=1S/C19H19N5OS3/c1-2-24-17(15-8-5-9-26-15)22-23-19(24)27-11-16(25)21-18-13(10-20)12-6-3-4-7-14(12)28-18/h5,8-9H,2-4,6-7,11H2,1H3,(H,21,25). The van der Waals surface area contributed by atoms with Gasteiger partial charge in [-0.25, -0.2) is 0 Å². The van der Waals surface area contributed by atoms with Crippen LogP contribution in [-0.2, 0) is 24.2 Å². The topological polar surface area (TPSA) is 83.6 Å². The Bertz CT molecular complexity index is 1030. The second-order valence-electron chi connectivity index (χ2n) is 6.39. The van der Waals surface area contributed by atoms with E-state index in [1.54, 1.807) is 22.7 Å². The minimum Gasteiger partial charge on any atom is -0.316 e. The van der Waals surface area contributed by atoms with Gasteiger partial charge in [-0.1, -0.05) is 17.8 Å². The predicted molar refractivity (Wildman–Crippen MR) is 114 cm³/mol. The van der Waals surface area contributed by atoms with E-state index < -0.39 is 0 Å². The molecule has 144 valence electrons. The summed E-state index contributed by atoms with van der Waals surface area (Å²) in [6.07, 6.45) is 4.20. The molecule has 1 N–H and O–H groups in total. The summed E-state index contributed by atoms with van der Waals surface area (Å²) < 4.78 is 2.02. The number of nitriles is 1. The van der Waals surface area contributed by atoms with E-state index in [1.807, 2.05) is 29.0 Å². The van der Waals surface area contributed by atoms with Crippen molar-refractivity contribution in [3.05, 3.63) is 33.5 Å². The summed E-state index contributed by atoms with van der Waals surface area (Å²) >= 11 is 4.54. The number of anilines is 1. The van der Waals surface area contributed by atoms with Crippen LogP contribution >= 0.6 is 34.4 Å². The Kier molecular flexibility index (Phi) is 5.80. The van der Waals surface area contributed by atoms with Crippen LogP contribution in [0.3, 0.4) is 0 Å². The van der Waals surface area contributed by atoms with Crippen molar-refractivity contribution in [2.45, 2.75) is 44.3 Å². The third-order valence-electron chi connectivity index (χ3n) is 4.64. The number of thiophene rings is 2. The summed E-state index contributed by atoms with van der Waals surface area (Å²) in [7, 11) is 0. The van der Waals surface area contributed by atoms with E-state index in [1.165, 1.54) is 16.6 Å². The molecule has 4 rings (SSSR count). The SMILES string of the molecule is CCn1c(SCC(=O)Nc2sc3c(c2C#N)CCCC3)nnc1-c1cccs1. The number of nitrogens with zero attached hydrogens (tertiary/aromatic N) is 4. The van der Waals surface area contributed by atoms with Crippen LogP contribution in [0.5, 0.6) is 0 Å². The van der Waals surface area contributed by atoms with E-state index >= 15 is 0 Å². The molecule has 0 bridgehead atoms. The first kappa shape index (κ1) is 19.2. The number of aromatic nitrogens is 3. The van der Waals surface area contributed by atoms with Gasteiger partial charge in [0.05, 0.1) is 16.2 Å². The van der Waals surface area contributed by atoms with Gasteiger partial charge in [-0.05, 0) is 49.6 Å². The van der Waals surface area contributed by atoms with Gasteiger partial charge in [0.15, 0.2) is 11.0 Å². The first-order chi connectivity index (χ1) is 13.7. The molecule has 0 saturated carbocycles. The monoisotopic (exact) mass is 429 g/mol. The van der Waals surface area contributed by atoms with Crippen molar-refractivity contribution in [1.82, 2.24) is 14.8 Å². The van der Waals surface area contributed by atoms with Crippen molar-refractivity contribution in [1.29, 1.82) is 5.26 Å². The molecule has 0 saturated heterocycles. The van der Waals surface area contributed by atoms with Gasteiger partial charge in [0, 0.05) is 11.4 Å². The average Bonchev–Trinajstić information content (AvgIpc) is 3.43. The summed E-state index contributed by atoms with van der Waals surface area (Å²) in [5.41, 5.74) is 1.78. The molecule has 3 aromatic rings. The van der Waals surface area contributed by atoms with Crippen molar-refractivity contribution in [2.24, 2.45) is 0 Å². The second-order valence-corrected chi connectivity index (χ2v) is 9.39. The number of hydrogen-bond donors (Lipinski definition) is 1. The maximum absolute atomic E-state index is 12.5. The maximum atomic E-state index is 12.5. The minimum absolute atomic E-state index is 0.122. The van der Waals surface area contributed by atoms with Gasteiger partial charge in [0.1, 0.15) is 11.1 Å². The third-order valence-corrected chi connectivity index (χ3v) is 7.68. The highest BCUT2D eigenvalue weighted by molar-refractivity contribution is 7.99. The van der Waals surface area contributed by atoms with Crippen LogP contribution in [-0.4, -0.2) is 26.4 Å². The smallest absolute Gasteiger partial charge is 0.235 e. The van der Waals surface area contributed by atoms with Gasteiger partial charge in [0.2, 0.25) is 5.91 Å². The molecule has 1 aliphatic rings. The van der Waals surface area contributed by atoms with Crippen molar-refractivity contribution in [2.75, 3.05) is 11.1 Å². The van der Waals surface area contributed by atoms with E-state index in [2.05, 4.69) is 21.6 Å². The zero-order chi connectivity index (χ0) is 19.5. The van der Waals surface area contributed by atoms with Crippen molar-refractivity contribution in [3.63, 3.8) is 0 Å². The first-order valence-electron chi connectivity index (χ1n) is 9.15. The Balaban J connectivity index is 1.45. The quantitative estimate of drug-likeness (QED) is 0.580. The van der Waals surface area contributed by atoms with Gasteiger partial charge in [-0.3, -0.25) is 4.79 Å². The highest BCUT2D eigenvalue weighted by Gasteiger charge is 2.22. The van der Waals surface area contributed by atoms with Crippen molar-refractivity contribution >= 4 is 45.3 Å². The molecule has 9 heteroatoms. The Morgan fingerprint density at radius 3 is 3.00 bits per heavy atom. The number of carbonyl (C=O) groups is 1. The lowest BCUT2D eigenvalue weighted by Crippen LogP contribution is -2.14. The molecule has 0 atom stereocenters. The second kappa shape index (κ2) is 8.47. The molecule has 0 radical (unpaired) electrons. The summed E-state index contributed by atoms with van der Waals surface area (Å²) in [6, 6.07) is 6.29. The molecule has 0 aliphatic heterocycles. The molecule has 0 fully saturated rings. The fourth-order valence-corrected chi connectivity index (χ4v) is 6.11. The molecule has 1 aliphatic carbocycles. The van der Waals surface area contributed by atoms with E-state index in [-0.39, 0.29) is 11.7 Å². The van der Waals surface area contributed by atoms with Crippen molar-refractivity contribution < 1.29 is 4.79 Å². The molecule has 1 amide bonds. The van der Waals surface area contributed by atoms with Crippen LogP contribution in [0, 0.1) is 11.3 Å². The van der Waals surface area contributed by atoms with E-state index in [0.29, 0.717) is 10.6 Å². The normalized spacial score (nSPS) is 13.1. The number of fused-ring (bicyclic) bond motifs is 1. The summed E-state index contributed by atoms with van der Waals surface area (Å²) in [5, 5.41) is 24.5. The number of rotatable bonds is 6. The first-order valence-corrected chi connectivity index (χ1v) is 11.8. The van der Waals surface area contributed by atoms with Crippen LogP contribution < -0.4 is 5.32 Å². The van der Waals surface area contributed by atoms with Crippen LogP contribution in [0.15, 0.2) is 22.7 Å². The summed E-state index contributed by atoms with van der Waals surface area (Å²) in [5.74, 6) is 0.942. The Labute approximate surface area is 175 Å². The molecule has 3 heterocycles. The van der Waals surface area contributed by atoms with Crippen LogP contribution in [0.1, 0.15) is 35.8 Å². The number of thioether (sulfide) groups is 1. The predicted octanol–water partition coefficient (Wildman–Crippen LogP) is 4.57. The number of carbonyl (C=O) groups excluding carboxylic acids is 1. The lowest BCUT2D eigenvalue weighted by molar-refractivity contribution is -0.113. The van der Waals surface area contributed by atoms with Crippen molar-refractivity contribution in [3.8, 4) is 16.8 Å². The zero-order valence-electron chi connectivity index (χ0n) is 15.4. The highest BCUT2D eigenvalue weighted by Crippen LogP contribution is 2.37. The van der Waals surface area contributed by atoms with Gasteiger partial charge < -0.3 is 9.88 Å². The number of hydrogen-bond acceptors (Lipinski definition) is 7. The molecule has 6 nitrogen and oxygen atoms in total. The van der Waals surface area contributed by atoms with Gasteiger partial charge in [-0.2, -0.15) is 5.26 Å². The Hall–Kier alpha value is -2.15. The highest BCUT2D eigenvalue weighted by atomic mass is 32.2. The van der Waals surface area contributed by atoms with Crippen LogP contribution in [0.25, 0.3) is 10.7 Å². The van der Waals surface area contributed by atoms with Gasteiger partial charge >= 0.3 is 0 Å². The fourth-order valence-electron chi connectivity index (χ4n) is 3.33. The third kappa shape index (κ3) is 3.72. The average molecular weight is 430 g/mol. The molecule has 28 heavy (non-hydrogen) atoms.